The van der Waals surface area contributed by atoms with Crippen molar-refractivity contribution in [1.29, 1.82) is 0 Å². The van der Waals surface area contributed by atoms with E-state index in [0.717, 1.165) is 25.0 Å². The van der Waals surface area contributed by atoms with Crippen LogP contribution < -0.4 is 5.32 Å². The Kier molecular flexibility index (Phi) is 3.19. The van der Waals surface area contributed by atoms with Gasteiger partial charge in [0.25, 0.3) is 5.91 Å². The Morgan fingerprint density at radius 3 is 2.75 bits per heavy atom. The normalized spacial score (nSPS) is 13.0. The van der Waals surface area contributed by atoms with Gasteiger partial charge in [-0.25, -0.2) is 14.8 Å². The number of hydrogen-bond donors (Lipinski definition) is 2. The highest BCUT2D eigenvalue weighted by atomic mass is 32.1. The molecule has 3 rings (SSSR count). The summed E-state index contributed by atoms with van der Waals surface area (Å²) < 4.78 is 0. The first kappa shape index (κ1) is 12.7. The molecule has 2 N–H and O–H groups in total. The summed E-state index contributed by atoms with van der Waals surface area (Å²) in [4.78, 5) is 32.2. The van der Waals surface area contributed by atoms with Gasteiger partial charge >= 0.3 is 5.97 Å². The molecular weight excluding hydrogens is 278 g/mol. The number of aromatic nitrogens is 2. The predicted octanol–water partition coefficient (Wildman–Crippen LogP) is 1.98. The Bertz CT molecular complexity index is 674. The summed E-state index contributed by atoms with van der Waals surface area (Å²) in [5, 5.41) is 12.1. The first-order valence-corrected chi connectivity index (χ1v) is 6.95. The van der Waals surface area contributed by atoms with Gasteiger partial charge in [-0.05, 0) is 31.4 Å². The van der Waals surface area contributed by atoms with Gasteiger partial charge in [-0.1, -0.05) is 6.07 Å². The number of carbonyl (C=O) groups excluding carboxylic acids is 1. The molecule has 6 nitrogen and oxygen atoms in total. The smallest absolute Gasteiger partial charge is 0.354 e. The molecule has 0 aromatic carbocycles. The highest BCUT2D eigenvalue weighted by Crippen LogP contribution is 2.30. The minimum absolute atomic E-state index is 0.0697. The molecule has 1 aliphatic rings. The van der Waals surface area contributed by atoms with E-state index in [9.17, 15) is 9.59 Å². The number of carbonyl (C=O) groups is 2. The first-order chi connectivity index (χ1) is 9.63. The van der Waals surface area contributed by atoms with Crippen LogP contribution in [0.3, 0.4) is 0 Å². The molecule has 2 heterocycles. The fraction of sp³-hybridized carbons (Fsp3) is 0.231. The molecule has 0 bridgehead atoms. The molecular formula is C13H11N3O3S. The number of hydrogen-bond acceptors (Lipinski definition) is 5. The molecule has 0 aliphatic heterocycles. The quantitative estimate of drug-likeness (QED) is 0.901. The summed E-state index contributed by atoms with van der Waals surface area (Å²) in [6.07, 6.45) is 3.08. The highest BCUT2D eigenvalue weighted by molar-refractivity contribution is 7.15. The molecule has 0 saturated carbocycles. The number of fused-ring (bicyclic) bond motifs is 1. The predicted molar refractivity (Wildman–Crippen MR) is 73.3 cm³/mol. The summed E-state index contributed by atoms with van der Waals surface area (Å²) in [6, 6.07) is 4.31. The van der Waals surface area contributed by atoms with E-state index in [-0.39, 0.29) is 11.4 Å². The van der Waals surface area contributed by atoms with Gasteiger partial charge < -0.3 is 5.11 Å². The number of aromatic carboxylic acids is 1. The van der Waals surface area contributed by atoms with Crippen LogP contribution in [0.2, 0.25) is 0 Å². The molecule has 0 atom stereocenters. The number of anilines is 1. The van der Waals surface area contributed by atoms with Crippen molar-refractivity contribution in [2.45, 2.75) is 19.3 Å². The van der Waals surface area contributed by atoms with Crippen molar-refractivity contribution in [2.24, 2.45) is 0 Å². The lowest BCUT2D eigenvalue weighted by Crippen LogP contribution is -2.15. The largest absolute Gasteiger partial charge is 0.477 e. The van der Waals surface area contributed by atoms with Crippen molar-refractivity contribution in [3.8, 4) is 0 Å². The second-order valence-electron chi connectivity index (χ2n) is 4.41. The van der Waals surface area contributed by atoms with Crippen LogP contribution in [-0.4, -0.2) is 27.0 Å². The summed E-state index contributed by atoms with van der Waals surface area (Å²) in [5.41, 5.74) is 0.970. The molecule has 7 heteroatoms. The maximum absolute atomic E-state index is 12.0. The number of rotatable bonds is 3. The molecule has 1 amide bonds. The lowest BCUT2D eigenvalue weighted by molar-refractivity contribution is 0.0690. The molecule has 0 spiro atoms. The molecule has 2 aromatic heterocycles. The molecule has 102 valence electrons. The van der Waals surface area contributed by atoms with E-state index in [0.29, 0.717) is 5.13 Å². The standard InChI is InChI=1S/C13H11N3O3S/c17-11(8-4-1-5-9(14-8)12(18)19)16-13-15-7-3-2-6-10(7)20-13/h1,4-5H,2-3,6H2,(H,18,19)(H,15,16,17). The van der Waals surface area contributed by atoms with Crippen LogP contribution in [0.15, 0.2) is 18.2 Å². The highest BCUT2D eigenvalue weighted by Gasteiger charge is 2.19. The average molecular weight is 289 g/mol. The van der Waals surface area contributed by atoms with Gasteiger partial charge in [-0.15, -0.1) is 11.3 Å². The average Bonchev–Trinajstić information content (AvgIpc) is 2.99. The zero-order chi connectivity index (χ0) is 14.1. The fourth-order valence-corrected chi connectivity index (χ4v) is 3.13. The van der Waals surface area contributed by atoms with Crippen LogP contribution in [0.1, 0.15) is 38.0 Å². The summed E-state index contributed by atoms with van der Waals surface area (Å²) in [6.45, 7) is 0. The Morgan fingerprint density at radius 1 is 1.20 bits per heavy atom. The molecule has 0 fully saturated rings. The van der Waals surface area contributed by atoms with E-state index < -0.39 is 11.9 Å². The number of thiazole rings is 1. The Labute approximate surface area is 118 Å². The second kappa shape index (κ2) is 5.01. The van der Waals surface area contributed by atoms with Gasteiger partial charge in [0.15, 0.2) is 5.13 Å². The van der Waals surface area contributed by atoms with Gasteiger partial charge in [-0.3, -0.25) is 10.1 Å². The number of nitrogens with zero attached hydrogens (tertiary/aromatic N) is 2. The van der Waals surface area contributed by atoms with Crippen molar-refractivity contribution in [3.63, 3.8) is 0 Å². The van der Waals surface area contributed by atoms with Crippen molar-refractivity contribution < 1.29 is 14.7 Å². The molecule has 20 heavy (non-hydrogen) atoms. The number of carboxylic acid groups (broad SMARTS) is 1. The van der Waals surface area contributed by atoms with Crippen molar-refractivity contribution in [1.82, 2.24) is 9.97 Å². The third-order valence-corrected chi connectivity index (χ3v) is 4.09. The fourth-order valence-electron chi connectivity index (χ4n) is 2.09. The van der Waals surface area contributed by atoms with Crippen LogP contribution in [0.4, 0.5) is 5.13 Å². The van der Waals surface area contributed by atoms with Gasteiger partial charge in [0.05, 0.1) is 5.69 Å². The van der Waals surface area contributed by atoms with E-state index in [4.69, 9.17) is 5.11 Å². The van der Waals surface area contributed by atoms with Gasteiger partial charge in [0.1, 0.15) is 11.4 Å². The molecule has 0 unspecified atom stereocenters. The number of carboxylic acids is 1. The lowest BCUT2D eigenvalue weighted by Gasteiger charge is -2.02. The molecule has 2 aromatic rings. The van der Waals surface area contributed by atoms with Crippen LogP contribution in [0.5, 0.6) is 0 Å². The minimum atomic E-state index is -1.16. The third-order valence-electron chi connectivity index (χ3n) is 3.02. The Hall–Kier alpha value is -2.28. The number of nitrogens with one attached hydrogen (secondary N) is 1. The Morgan fingerprint density at radius 2 is 2.00 bits per heavy atom. The molecule has 0 saturated heterocycles. The van der Waals surface area contributed by atoms with E-state index in [1.54, 1.807) is 0 Å². The van der Waals surface area contributed by atoms with Crippen LogP contribution >= 0.6 is 11.3 Å². The number of aryl methyl sites for hydroxylation is 2. The minimum Gasteiger partial charge on any atom is -0.477 e. The van der Waals surface area contributed by atoms with E-state index >= 15 is 0 Å². The van der Waals surface area contributed by atoms with E-state index in [2.05, 4.69) is 15.3 Å². The Balaban J connectivity index is 1.78. The SMILES string of the molecule is O=C(O)c1cccc(C(=O)Nc2nc3c(s2)CCC3)n1. The molecule has 0 radical (unpaired) electrons. The van der Waals surface area contributed by atoms with Crippen LogP contribution in [0.25, 0.3) is 0 Å². The maximum Gasteiger partial charge on any atom is 0.354 e. The van der Waals surface area contributed by atoms with Crippen LogP contribution in [-0.2, 0) is 12.8 Å². The summed E-state index contributed by atoms with van der Waals surface area (Å²) in [5.74, 6) is -1.60. The van der Waals surface area contributed by atoms with Crippen LogP contribution in [0, 0.1) is 0 Å². The van der Waals surface area contributed by atoms with E-state index in [1.807, 2.05) is 0 Å². The van der Waals surface area contributed by atoms with Gasteiger partial charge in [0.2, 0.25) is 0 Å². The monoisotopic (exact) mass is 289 g/mol. The lowest BCUT2D eigenvalue weighted by atomic mass is 10.3. The summed E-state index contributed by atoms with van der Waals surface area (Å²) >= 11 is 1.47. The van der Waals surface area contributed by atoms with E-state index in [1.165, 1.54) is 34.4 Å². The van der Waals surface area contributed by atoms with Crippen molar-refractivity contribution >= 4 is 28.3 Å². The van der Waals surface area contributed by atoms with Gasteiger partial charge in [-0.2, -0.15) is 0 Å². The summed E-state index contributed by atoms with van der Waals surface area (Å²) in [7, 11) is 0. The molecule has 1 aliphatic carbocycles. The number of pyridine rings is 1. The topological polar surface area (TPSA) is 92.2 Å². The third kappa shape index (κ3) is 2.39. The second-order valence-corrected chi connectivity index (χ2v) is 5.49. The first-order valence-electron chi connectivity index (χ1n) is 6.14. The zero-order valence-electron chi connectivity index (χ0n) is 10.4. The zero-order valence-corrected chi connectivity index (χ0v) is 11.2. The maximum atomic E-state index is 12.0. The van der Waals surface area contributed by atoms with Crippen molar-refractivity contribution in [3.05, 3.63) is 40.2 Å². The number of amides is 1. The van der Waals surface area contributed by atoms with Crippen molar-refractivity contribution in [2.75, 3.05) is 5.32 Å². The van der Waals surface area contributed by atoms with Gasteiger partial charge in [0, 0.05) is 4.88 Å².